The molecule has 146 valence electrons. The van der Waals surface area contributed by atoms with Gasteiger partial charge < -0.3 is 14.0 Å². The van der Waals surface area contributed by atoms with Gasteiger partial charge in [-0.05, 0) is 50.2 Å². The molecule has 0 unspecified atom stereocenters. The van der Waals surface area contributed by atoms with E-state index >= 15 is 0 Å². The summed E-state index contributed by atoms with van der Waals surface area (Å²) in [7, 11) is 0. The minimum absolute atomic E-state index is 0.104. The summed E-state index contributed by atoms with van der Waals surface area (Å²) in [4.78, 5) is 29.2. The molecule has 1 amide bonds. The third-order valence-electron chi connectivity index (χ3n) is 3.84. The Morgan fingerprint density at radius 3 is 2.54 bits per heavy atom. The van der Waals surface area contributed by atoms with Crippen LogP contribution in [0.4, 0.5) is 4.39 Å². The van der Waals surface area contributed by atoms with E-state index in [1.54, 1.807) is 17.6 Å². The molecule has 1 aromatic heterocycles. The number of rotatable bonds is 6. The number of benzene rings is 2. The summed E-state index contributed by atoms with van der Waals surface area (Å²) in [5.41, 5.74) is 0.930. The average Bonchev–Trinajstić information content (AvgIpc) is 3.00. The van der Waals surface area contributed by atoms with Crippen LogP contribution >= 0.6 is 11.3 Å². The number of carbonyl (C=O) groups is 2. The smallest absolute Gasteiger partial charge is 0.326 e. The van der Waals surface area contributed by atoms with E-state index in [-0.39, 0.29) is 18.7 Å². The van der Waals surface area contributed by atoms with Crippen LogP contribution in [0.3, 0.4) is 0 Å². The zero-order valence-electron chi connectivity index (χ0n) is 15.5. The Labute approximate surface area is 164 Å². The SMILES string of the molecule is CCOC(=O)Cn1c(=NC(=O)c2ccc(F)cc2)sc2cccc(OCC)c21. The molecule has 8 heteroatoms. The molecule has 0 atom stereocenters. The van der Waals surface area contributed by atoms with Gasteiger partial charge in [-0.3, -0.25) is 9.59 Å². The normalized spacial score (nSPS) is 11.6. The van der Waals surface area contributed by atoms with Crippen molar-refractivity contribution < 1.29 is 23.5 Å². The Bertz CT molecular complexity index is 1070. The maximum atomic E-state index is 13.1. The van der Waals surface area contributed by atoms with Gasteiger partial charge in [0, 0.05) is 5.56 Å². The quantitative estimate of drug-likeness (QED) is 0.592. The number of carbonyl (C=O) groups excluding carboxylic acids is 2. The van der Waals surface area contributed by atoms with Crippen LogP contribution in [-0.2, 0) is 16.1 Å². The number of thiazole rings is 1. The number of para-hydroxylation sites is 1. The van der Waals surface area contributed by atoms with Gasteiger partial charge in [0.25, 0.3) is 5.91 Å². The molecule has 6 nitrogen and oxygen atoms in total. The molecule has 0 saturated heterocycles. The van der Waals surface area contributed by atoms with Crippen molar-refractivity contribution in [2.75, 3.05) is 13.2 Å². The summed E-state index contributed by atoms with van der Waals surface area (Å²) >= 11 is 1.26. The van der Waals surface area contributed by atoms with Gasteiger partial charge in [-0.2, -0.15) is 4.99 Å². The lowest BCUT2D eigenvalue weighted by molar-refractivity contribution is -0.143. The minimum Gasteiger partial charge on any atom is -0.492 e. The maximum absolute atomic E-state index is 13.1. The molecule has 3 rings (SSSR count). The Balaban J connectivity index is 2.14. The Morgan fingerprint density at radius 2 is 1.86 bits per heavy atom. The number of hydrogen-bond donors (Lipinski definition) is 0. The molecular formula is C20H19FN2O4S. The van der Waals surface area contributed by atoms with E-state index in [4.69, 9.17) is 9.47 Å². The fraction of sp³-hybridized carbons (Fsp3) is 0.250. The summed E-state index contributed by atoms with van der Waals surface area (Å²) in [6, 6.07) is 10.6. The van der Waals surface area contributed by atoms with E-state index in [1.165, 1.54) is 35.6 Å². The predicted octanol–water partition coefficient (Wildman–Crippen LogP) is 3.54. The maximum Gasteiger partial charge on any atom is 0.326 e. The summed E-state index contributed by atoms with van der Waals surface area (Å²) in [5, 5.41) is 0. The summed E-state index contributed by atoms with van der Waals surface area (Å²) < 4.78 is 26.3. The zero-order chi connectivity index (χ0) is 20.1. The van der Waals surface area contributed by atoms with Crippen LogP contribution in [0.15, 0.2) is 47.5 Å². The van der Waals surface area contributed by atoms with Crippen LogP contribution in [0.2, 0.25) is 0 Å². The molecular weight excluding hydrogens is 383 g/mol. The summed E-state index contributed by atoms with van der Waals surface area (Å²) in [6.07, 6.45) is 0. The standard InChI is InChI=1S/C20H19FN2O4S/c1-3-26-15-6-5-7-16-18(15)23(12-17(24)27-4-2)20(28-16)22-19(25)13-8-10-14(21)11-9-13/h5-11H,3-4,12H2,1-2H3. The van der Waals surface area contributed by atoms with Crippen molar-refractivity contribution in [3.8, 4) is 5.75 Å². The van der Waals surface area contributed by atoms with Crippen molar-refractivity contribution in [1.29, 1.82) is 0 Å². The first-order chi connectivity index (χ1) is 13.5. The van der Waals surface area contributed by atoms with Crippen molar-refractivity contribution in [3.05, 3.63) is 58.6 Å². The first kappa shape index (κ1) is 19.8. The van der Waals surface area contributed by atoms with Gasteiger partial charge in [0.05, 0.1) is 17.9 Å². The van der Waals surface area contributed by atoms with Gasteiger partial charge in [0.1, 0.15) is 23.6 Å². The number of hydrogen-bond acceptors (Lipinski definition) is 5. The third kappa shape index (κ3) is 4.28. The number of ether oxygens (including phenoxy) is 2. The number of fused-ring (bicyclic) bond motifs is 1. The van der Waals surface area contributed by atoms with E-state index < -0.39 is 17.7 Å². The molecule has 0 N–H and O–H groups in total. The highest BCUT2D eigenvalue weighted by atomic mass is 32.1. The Morgan fingerprint density at radius 1 is 1.11 bits per heavy atom. The van der Waals surface area contributed by atoms with Crippen LogP contribution in [-0.4, -0.2) is 29.7 Å². The van der Waals surface area contributed by atoms with Gasteiger partial charge in [-0.15, -0.1) is 0 Å². The van der Waals surface area contributed by atoms with Gasteiger partial charge >= 0.3 is 5.97 Å². The number of esters is 1. The van der Waals surface area contributed by atoms with Gasteiger partial charge in [-0.1, -0.05) is 17.4 Å². The lowest BCUT2D eigenvalue weighted by Gasteiger charge is -2.09. The second kappa shape index (κ2) is 8.79. The highest BCUT2D eigenvalue weighted by Crippen LogP contribution is 2.27. The van der Waals surface area contributed by atoms with Crippen LogP contribution < -0.4 is 9.54 Å². The van der Waals surface area contributed by atoms with E-state index in [0.29, 0.717) is 22.7 Å². The van der Waals surface area contributed by atoms with Gasteiger partial charge in [-0.25, -0.2) is 4.39 Å². The largest absolute Gasteiger partial charge is 0.492 e. The van der Waals surface area contributed by atoms with Crippen molar-refractivity contribution in [2.45, 2.75) is 20.4 Å². The lowest BCUT2D eigenvalue weighted by atomic mass is 10.2. The molecule has 0 spiro atoms. The van der Waals surface area contributed by atoms with Gasteiger partial charge in [0.15, 0.2) is 4.80 Å². The molecule has 0 bridgehead atoms. The first-order valence-electron chi connectivity index (χ1n) is 8.78. The molecule has 3 aromatic rings. The topological polar surface area (TPSA) is 69.9 Å². The van der Waals surface area contributed by atoms with Crippen LogP contribution in [0.25, 0.3) is 10.2 Å². The second-order valence-corrected chi connectivity index (χ2v) is 6.74. The average molecular weight is 402 g/mol. The number of halogens is 1. The fourth-order valence-corrected chi connectivity index (χ4v) is 3.73. The molecule has 1 heterocycles. The summed E-state index contributed by atoms with van der Waals surface area (Å²) in [6.45, 7) is 4.19. The van der Waals surface area contributed by atoms with E-state index in [1.807, 2.05) is 19.1 Å². The van der Waals surface area contributed by atoms with E-state index in [9.17, 15) is 14.0 Å². The van der Waals surface area contributed by atoms with E-state index in [0.717, 1.165) is 4.70 Å². The summed E-state index contributed by atoms with van der Waals surface area (Å²) in [5.74, 6) is -0.806. The molecule has 28 heavy (non-hydrogen) atoms. The molecule has 0 radical (unpaired) electrons. The molecule has 0 saturated carbocycles. The molecule has 0 aliphatic heterocycles. The Hall–Kier alpha value is -3.00. The third-order valence-corrected chi connectivity index (χ3v) is 4.89. The van der Waals surface area contributed by atoms with Crippen molar-refractivity contribution in [3.63, 3.8) is 0 Å². The van der Waals surface area contributed by atoms with Crippen molar-refractivity contribution in [2.24, 2.45) is 4.99 Å². The zero-order valence-corrected chi connectivity index (χ0v) is 16.3. The van der Waals surface area contributed by atoms with Crippen molar-refractivity contribution >= 4 is 33.4 Å². The van der Waals surface area contributed by atoms with Crippen LogP contribution in [0.1, 0.15) is 24.2 Å². The number of amides is 1. The fourth-order valence-electron chi connectivity index (χ4n) is 2.68. The van der Waals surface area contributed by atoms with Crippen LogP contribution in [0, 0.1) is 5.82 Å². The molecule has 0 aliphatic carbocycles. The monoisotopic (exact) mass is 402 g/mol. The molecule has 2 aromatic carbocycles. The lowest BCUT2D eigenvalue weighted by Crippen LogP contribution is -2.23. The molecule has 0 aliphatic rings. The Kier molecular flexibility index (Phi) is 6.20. The first-order valence-corrected chi connectivity index (χ1v) is 9.60. The van der Waals surface area contributed by atoms with E-state index in [2.05, 4.69) is 4.99 Å². The van der Waals surface area contributed by atoms with Crippen LogP contribution in [0.5, 0.6) is 5.75 Å². The second-order valence-electron chi connectivity index (χ2n) is 5.74. The van der Waals surface area contributed by atoms with Gasteiger partial charge in [0.2, 0.25) is 0 Å². The van der Waals surface area contributed by atoms with Crippen molar-refractivity contribution in [1.82, 2.24) is 4.57 Å². The highest BCUT2D eigenvalue weighted by Gasteiger charge is 2.16. The predicted molar refractivity (Wildman–Crippen MR) is 104 cm³/mol. The number of aromatic nitrogens is 1. The molecule has 0 fully saturated rings. The highest BCUT2D eigenvalue weighted by molar-refractivity contribution is 7.16. The minimum atomic E-state index is -0.526. The number of nitrogens with zero attached hydrogens (tertiary/aromatic N) is 2.